The number of guanidine groups is 1. The molecule has 0 saturated carbocycles. The fourth-order valence-corrected chi connectivity index (χ4v) is 4.90. The number of aryl methyl sites for hydroxylation is 1. The fraction of sp³-hybridized carbons (Fsp3) is 0.333. The van der Waals surface area contributed by atoms with Gasteiger partial charge in [-0.3, -0.25) is 4.79 Å². The summed E-state index contributed by atoms with van der Waals surface area (Å²) in [4.78, 5) is 19.3. The molecule has 1 saturated heterocycles. The highest BCUT2D eigenvalue weighted by atomic mass is 35.5. The Morgan fingerprint density at radius 1 is 1.11 bits per heavy atom. The number of piperazine rings is 1. The van der Waals surface area contributed by atoms with E-state index in [4.69, 9.17) is 22.3 Å². The van der Waals surface area contributed by atoms with Crippen LogP contribution in [0.1, 0.15) is 49.3 Å². The van der Waals surface area contributed by atoms with Crippen LogP contribution >= 0.6 is 11.6 Å². The van der Waals surface area contributed by atoms with Crippen molar-refractivity contribution in [2.75, 3.05) is 25.0 Å². The summed E-state index contributed by atoms with van der Waals surface area (Å²) >= 11 is 6.08. The molecule has 4 rings (SSSR count). The molecule has 3 aromatic carbocycles. The molecule has 4 N–H and O–H groups in total. The van der Waals surface area contributed by atoms with Crippen LogP contribution in [0, 0.1) is 0 Å². The van der Waals surface area contributed by atoms with Crippen molar-refractivity contribution in [2.24, 2.45) is 10.7 Å². The van der Waals surface area contributed by atoms with Gasteiger partial charge in [0.2, 0.25) is 11.9 Å². The molecule has 0 aromatic heterocycles. The maximum atomic E-state index is 11.8. The van der Waals surface area contributed by atoms with Crippen molar-refractivity contribution >= 4 is 34.8 Å². The Labute approximate surface area is 224 Å². The van der Waals surface area contributed by atoms with Crippen LogP contribution < -0.4 is 16.4 Å². The van der Waals surface area contributed by atoms with E-state index in [-0.39, 0.29) is 18.2 Å². The number of nitrogens with one attached hydrogen (secondary N) is 2. The number of nitrogens with zero attached hydrogens (tertiary/aromatic N) is 2. The third-order valence-electron chi connectivity index (χ3n) is 6.65. The Hall–Kier alpha value is -3.35. The van der Waals surface area contributed by atoms with E-state index in [1.807, 2.05) is 54.6 Å². The molecule has 0 spiro atoms. The maximum Gasteiger partial charge on any atom is 0.218 e. The third kappa shape index (κ3) is 7.34. The van der Waals surface area contributed by atoms with Gasteiger partial charge in [-0.15, -0.1) is 0 Å². The molecule has 0 bridgehead atoms. The third-order valence-corrected chi connectivity index (χ3v) is 6.90. The number of hydrogen-bond donors (Lipinski definition) is 3. The molecule has 7 heteroatoms. The largest absolute Gasteiger partial charge is 0.370 e. The average molecular weight is 518 g/mol. The van der Waals surface area contributed by atoms with Gasteiger partial charge in [0.05, 0.1) is 5.69 Å². The first-order chi connectivity index (χ1) is 17.9. The molecule has 1 aliphatic rings. The van der Waals surface area contributed by atoms with Gasteiger partial charge < -0.3 is 21.3 Å². The van der Waals surface area contributed by atoms with E-state index in [0.717, 1.165) is 60.9 Å². The standard InChI is InChI=1S/C30H36ClN5O/c1-3-6-24-7-4-5-8-28(24)35-30(36-18-17-33-21(2)20-36)34-26-15-11-23(12-16-26)27(19-29(32)37)22-9-13-25(31)14-10-22/h4-5,7-16,21,27,33H,3,6,17-20H2,1-2H3,(H2,32,37)(H,34,35)/t21-,27?/m0/s1. The van der Waals surface area contributed by atoms with Gasteiger partial charge in [-0.1, -0.05) is 67.4 Å². The summed E-state index contributed by atoms with van der Waals surface area (Å²) in [6.45, 7) is 7.04. The van der Waals surface area contributed by atoms with E-state index in [9.17, 15) is 4.79 Å². The van der Waals surface area contributed by atoms with Crippen molar-refractivity contribution < 1.29 is 4.79 Å². The molecular formula is C30H36ClN5O. The Morgan fingerprint density at radius 3 is 2.43 bits per heavy atom. The predicted octanol–water partition coefficient (Wildman–Crippen LogP) is 5.69. The monoisotopic (exact) mass is 517 g/mol. The number of carbonyl (C=O) groups is 1. The number of rotatable bonds is 8. The lowest BCUT2D eigenvalue weighted by Gasteiger charge is -2.34. The summed E-state index contributed by atoms with van der Waals surface area (Å²) in [6.07, 6.45) is 2.29. The number of halogens is 1. The summed E-state index contributed by atoms with van der Waals surface area (Å²) < 4.78 is 0. The summed E-state index contributed by atoms with van der Waals surface area (Å²) in [5, 5.41) is 7.75. The molecule has 1 unspecified atom stereocenters. The lowest BCUT2D eigenvalue weighted by Crippen LogP contribution is -2.53. The quantitative estimate of drug-likeness (QED) is 0.264. The molecule has 2 atom stereocenters. The topological polar surface area (TPSA) is 82.7 Å². The lowest BCUT2D eigenvalue weighted by atomic mass is 9.88. The highest BCUT2D eigenvalue weighted by molar-refractivity contribution is 6.30. The van der Waals surface area contributed by atoms with E-state index >= 15 is 0 Å². The Bertz CT molecular complexity index is 1210. The minimum atomic E-state index is -0.338. The molecule has 0 aliphatic carbocycles. The molecule has 1 fully saturated rings. The number of aliphatic imine (C=N–C) groups is 1. The molecule has 6 nitrogen and oxygen atoms in total. The maximum absolute atomic E-state index is 11.8. The zero-order chi connectivity index (χ0) is 26.2. The zero-order valence-corrected chi connectivity index (χ0v) is 22.3. The molecule has 3 aromatic rings. The van der Waals surface area contributed by atoms with Crippen molar-refractivity contribution in [1.29, 1.82) is 0 Å². The van der Waals surface area contributed by atoms with Crippen LogP contribution in [0.25, 0.3) is 0 Å². The fourth-order valence-electron chi connectivity index (χ4n) is 4.77. The molecule has 194 valence electrons. The molecule has 1 aliphatic heterocycles. The van der Waals surface area contributed by atoms with Gasteiger partial charge in [-0.2, -0.15) is 0 Å². The summed E-state index contributed by atoms with van der Waals surface area (Å²) in [7, 11) is 0. The highest BCUT2D eigenvalue weighted by Crippen LogP contribution is 2.30. The number of amides is 1. The van der Waals surface area contributed by atoms with Gasteiger partial charge in [0, 0.05) is 48.7 Å². The van der Waals surface area contributed by atoms with E-state index in [1.54, 1.807) is 0 Å². The summed E-state index contributed by atoms with van der Waals surface area (Å²) in [5.41, 5.74) is 10.8. The predicted molar refractivity (Wildman–Crippen MR) is 154 cm³/mol. The first-order valence-electron chi connectivity index (χ1n) is 13.0. The summed E-state index contributed by atoms with van der Waals surface area (Å²) in [5.74, 6) is 0.373. The normalized spacial score (nSPS) is 16.9. The SMILES string of the molecule is CCCc1ccccc1/N=C(\Nc1ccc(C(CC(N)=O)c2ccc(Cl)cc2)cc1)N1CCN[C@@H](C)C1. The summed E-state index contributed by atoms with van der Waals surface area (Å²) in [6, 6.07) is 24.5. The minimum absolute atomic E-state index is 0.133. The van der Waals surface area contributed by atoms with Crippen LogP contribution in [0.3, 0.4) is 0 Å². The van der Waals surface area contributed by atoms with Crippen LogP contribution in [0.15, 0.2) is 77.8 Å². The van der Waals surface area contributed by atoms with E-state index in [2.05, 4.69) is 47.6 Å². The second-order valence-corrected chi connectivity index (χ2v) is 10.1. The van der Waals surface area contributed by atoms with Crippen molar-refractivity contribution in [3.05, 3.63) is 94.5 Å². The van der Waals surface area contributed by atoms with E-state index < -0.39 is 0 Å². The van der Waals surface area contributed by atoms with Gasteiger partial charge in [0.25, 0.3) is 0 Å². The number of primary amides is 1. The van der Waals surface area contributed by atoms with E-state index in [0.29, 0.717) is 11.1 Å². The first-order valence-corrected chi connectivity index (χ1v) is 13.4. The van der Waals surface area contributed by atoms with Crippen molar-refractivity contribution in [2.45, 2.75) is 45.1 Å². The Morgan fingerprint density at radius 2 is 1.78 bits per heavy atom. The van der Waals surface area contributed by atoms with Crippen molar-refractivity contribution in [1.82, 2.24) is 10.2 Å². The number of para-hydroxylation sites is 1. The number of hydrogen-bond acceptors (Lipinski definition) is 3. The molecule has 0 radical (unpaired) electrons. The average Bonchev–Trinajstić information content (AvgIpc) is 2.89. The van der Waals surface area contributed by atoms with Crippen LogP contribution in [0.4, 0.5) is 11.4 Å². The van der Waals surface area contributed by atoms with Crippen molar-refractivity contribution in [3.8, 4) is 0 Å². The zero-order valence-electron chi connectivity index (χ0n) is 21.6. The lowest BCUT2D eigenvalue weighted by molar-refractivity contribution is -0.118. The van der Waals surface area contributed by atoms with Gasteiger partial charge >= 0.3 is 0 Å². The molecular weight excluding hydrogens is 482 g/mol. The highest BCUT2D eigenvalue weighted by Gasteiger charge is 2.21. The van der Waals surface area contributed by atoms with Crippen LogP contribution in [-0.4, -0.2) is 42.4 Å². The second kappa shape index (κ2) is 12.7. The Balaban J connectivity index is 1.62. The van der Waals surface area contributed by atoms with Gasteiger partial charge in [-0.25, -0.2) is 4.99 Å². The number of carbonyl (C=O) groups excluding carboxylic acids is 1. The van der Waals surface area contributed by atoms with Crippen LogP contribution in [0.2, 0.25) is 5.02 Å². The first kappa shape index (κ1) is 26.7. The Kier molecular flexibility index (Phi) is 9.20. The molecule has 1 heterocycles. The van der Waals surface area contributed by atoms with Gasteiger partial charge in [0.15, 0.2) is 0 Å². The molecule has 1 amide bonds. The van der Waals surface area contributed by atoms with Crippen molar-refractivity contribution in [3.63, 3.8) is 0 Å². The number of benzene rings is 3. The number of anilines is 1. The van der Waals surface area contributed by atoms with Gasteiger partial charge in [0.1, 0.15) is 0 Å². The van der Waals surface area contributed by atoms with E-state index in [1.165, 1.54) is 5.56 Å². The molecule has 37 heavy (non-hydrogen) atoms. The van der Waals surface area contributed by atoms with Gasteiger partial charge in [-0.05, 0) is 60.4 Å². The number of nitrogens with two attached hydrogens (primary N) is 1. The van der Waals surface area contributed by atoms with Crippen LogP contribution in [-0.2, 0) is 11.2 Å². The smallest absolute Gasteiger partial charge is 0.218 e. The second-order valence-electron chi connectivity index (χ2n) is 9.64. The van der Waals surface area contributed by atoms with Crippen LogP contribution in [0.5, 0.6) is 0 Å². The minimum Gasteiger partial charge on any atom is -0.370 e.